The zero-order chi connectivity index (χ0) is 8.55. The number of fused-ring (bicyclic) bond motifs is 2. The molecule has 12 heavy (non-hydrogen) atoms. The van der Waals surface area contributed by atoms with Gasteiger partial charge in [0.1, 0.15) is 0 Å². The number of hydrogen-bond donors (Lipinski definition) is 1. The molecule has 1 aromatic rings. The monoisotopic (exact) mass is 188 g/mol. The zero-order valence-corrected chi connectivity index (χ0v) is 7.30. The Kier molecular flexibility index (Phi) is 1.76. The average Bonchev–Trinajstić information content (AvgIpc) is 2.62. The first-order chi connectivity index (χ1) is 5.83. The lowest BCUT2D eigenvalue weighted by molar-refractivity contribution is -0.0991. The smallest absolute Gasteiger partial charge is 0.364 e. The second-order valence-corrected chi connectivity index (χ2v) is 3.35. The van der Waals surface area contributed by atoms with E-state index in [4.69, 9.17) is 0 Å². The Balaban J connectivity index is 2.20. The highest BCUT2D eigenvalue weighted by Crippen LogP contribution is 2.39. The summed E-state index contributed by atoms with van der Waals surface area (Å²) in [6.07, 6.45) is 1.03. The summed E-state index contributed by atoms with van der Waals surface area (Å²) in [5, 5.41) is 9.37. The Hall–Kier alpha value is -1.04. The van der Waals surface area contributed by atoms with Crippen LogP contribution in [0.3, 0.4) is 0 Å². The number of hydrogen-bond acceptors (Lipinski definition) is 5. The minimum Gasteiger partial charge on any atom is -0.490 e. The molecule has 0 spiro atoms. The van der Waals surface area contributed by atoms with Gasteiger partial charge in [0, 0.05) is 5.75 Å². The number of aromatic hydroxyl groups is 1. The normalized spacial score (nSPS) is 12.8. The maximum absolute atomic E-state index is 9.37. The molecule has 2 rings (SSSR count). The highest BCUT2D eigenvalue weighted by molar-refractivity contribution is 7.97. The molecular formula is C6H8N2O3S. The Labute approximate surface area is 73.4 Å². The molecule has 0 aliphatic carbocycles. The summed E-state index contributed by atoms with van der Waals surface area (Å²) < 4.78 is 1.52. The highest BCUT2D eigenvalue weighted by atomic mass is 32.2. The quantitative estimate of drug-likeness (QED) is 0.722. The lowest BCUT2D eigenvalue weighted by atomic mass is 10.6. The molecule has 1 N–H and O–H groups in total. The summed E-state index contributed by atoms with van der Waals surface area (Å²) in [6, 6.07) is 0.306. The van der Waals surface area contributed by atoms with E-state index in [1.54, 1.807) is 0 Å². The van der Waals surface area contributed by atoms with Gasteiger partial charge in [-0.25, -0.2) is 4.89 Å². The Morgan fingerprint density at radius 2 is 2.42 bits per heavy atom. The van der Waals surface area contributed by atoms with Gasteiger partial charge in [0.2, 0.25) is 0 Å². The Morgan fingerprint density at radius 1 is 1.58 bits per heavy atom. The molecule has 1 aliphatic heterocycles. The molecule has 0 aromatic carbocycles. The van der Waals surface area contributed by atoms with Gasteiger partial charge in [0.15, 0.2) is 0 Å². The van der Waals surface area contributed by atoms with E-state index in [1.165, 1.54) is 15.9 Å². The van der Waals surface area contributed by atoms with E-state index in [2.05, 4.69) is 21.7 Å². The largest absolute Gasteiger partial charge is 0.490 e. The van der Waals surface area contributed by atoms with Crippen LogP contribution in [-0.4, -0.2) is 19.8 Å². The maximum atomic E-state index is 9.37. The minimum atomic E-state index is 0.0229. The van der Waals surface area contributed by atoms with Crippen LogP contribution in [-0.2, 0) is 0 Å². The van der Waals surface area contributed by atoms with Crippen molar-refractivity contribution < 1.29 is 14.9 Å². The lowest BCUT2D eigenvalue weighted by Gasteiger charge is -2.07. The third-order valence-corrected chi connectivity index (χ3v) is 2.55. The summed E-state index contributed by atoms with van der Waals surface area (Å²) in [5.74, 6) is 1.07. The van der Waals surface area contributed by atoms with Crippen molar-refractivity contribution in [2.24, 2.45) is 0 Å². The van der Waals surface area contributed by atoms with Crippen LogP contribution in [0.5, 0.6) is 17.8 Å². The zero-order valence-electron chi connectivity index (χ0n) is 6.48. The van der Waals surface area contributed by atoms with Gasteiger partial charge in [-0.1, -0.05) is 6.92 Å². The third kappa shape index (κ3) is 0.989. The van der Waals surface area contributed by atoms with Crippen molar-refractivity contribution in [1.29, 1.82) is 0 Å². The molecule has 2 heterocycles. The van der Waals surface area contributed by atoms with Gasteiger partial charge in [0.05, 0.1) is 0 Å². The molecule has 0 amide bonds. The molecular weight excluding hydrogens is 180 g/mol. The van der Waals surface area contributed by atoms with E-state index in [1.807, 2.05) is 0 Å². The molecule has 1 aromatic heterocycles. The number of aromatic nitrogens is 2. The predicted molar refractivity (Wildman–Crippen MR) is 43.3 cm³/mol. The van der Waals surface area contributed by atoms with Crippen LogP contribution in [0.1, 0.15) is 13.3 Å². The standard InChI is InChI=1S/C6H8N2O3S/c1-2-3-12-8-5(9)4-7-6(8)11-10-4/h9H,2-3H2,1H3. The van der Waals surface area contributed by atoms with Crippen molar-refractivity contribution in [3.63, 3.8) is 0 Å². The summed E-state index contributed by atoms with van der Waals surface area (Å²) >= 11 is 1.44. The topological polar surface area (TPSA) is 56.5 Å². The molecule has 6 heteroatoms. The molecule has 1 aliphatic rings. The van der Waals surface area contributed by atoms with E-state index in [-0.39, 0.29) is 11.8 Å². The summed E-state index contributed by atoms with van der Waals surface area (Å²) in [7, 11) is 0. The van der Waals surface area contributed by atoms with Crippen molar-refractivity contribution in [2.75, 3.05) is 5.75 Å². The number of rotatable bonds is 3. The molecule has 0 fully saturated rings. The van der Waals surface area contributed by atoms with Crippen LogP contribution in [0.15, 0.2) is 0 Å². The van der Waals surface area contributed by atoms with Crippen LogP contribution >= 0.6 is 11.9 Å². The van der Waals surface area contributed by atoms with Gasteiger partial charge in [-0.15, -0.1) is 4.98 Å². The van der Waals surface area contributed by atoms with Crippen molar-refractivity contribution in [1.82, 2.24) is 8.96 Å². The summed E-state index contributed by atoms with van der Waals surface area (Å²) in [5.41, 5.74) is 0. The first-order valence-corrected chi connectivity index (χ1v) is 4.56. The van der Waals surface area contributed by atoms with Gasteiger partial charge < -0.3 is 5.11 Å². The van der Waals surface area contributed by atoms with Gasteiger partial charge in [-0.05, 0) is 18.4 Å². The first kappa shape index (κ1) is 7.60. The average molecular weight is 188 g/mol. The molecule has 0 saturated carbocycles. The molecule has 0 atom stereocenters. The molecule has 66 valence electrons. The summed E-state index contributed by atoms with van der Waals surface area (Å²) in [6.45, 7) is 2.06. The second-order valence-electron chi connectivity index (χ2n) is 2.32. The van der Waals surface area contributed by atoms with E-state index < -0.39 is 0 Å². The predicted octanol–water partition coefficient (Wildman–Crippen LogP) is 1.18. The van der Waals surface area contributed by atoms with Gasteiger partial charge in [0.25, 0.3) is 5.88 Å². The van der Waals surface area contributed by atoms with Crippen molar-refractivity contribution in [2.45, 2.75) is 13.3 Å². The van der Waals surface area contributed by atoms with Gasteiger partial charge in [-0.3, -0.25) is 4.89 Å². The van der Waals surface area contributed by atoms with Crippen LogP contribution in [0.2, 0.25) is 0 Å². The molecule has 2 bridgehead atoms. The number of imidazole rings is 1. The van der Waals surface area contributed by atoms with Gasteiger partial charge >= 0.3 is 11.9 Å². The van der Waals surface area contributed by atoms with Crippen molar-refractivity contribution >= 4 is 11.9 Å². The van der Waals surface area contributed by atoms with E-state index >= 15 is 0 Å². The van der Waals surface area contributed by atoms with Crippen LogP contribution in [0, 0.1) is 0 Å². The number of nitrogens with zero attached hydrogens (tertiary/aromatic N) is 2. The molecule has 5 nitrogen and oxygen atoms in total. The van der Waals surface area contributed by atoms with Crippen LogP contribution < -0.4 is 9.78 Å². The van der Waals surface area contributed by atoms with Crippen molar-refractivity contribution in [3.05, 3.63) is 0 Å². The van der Waals surface area contributed by atoms with Crippen molar-refractivity contribution in [3.8, 4) is 17.8 Å². The highest BCUT2D eigenvalue weighted by Gasteiger charge is 2.28. The van der Waals surface area contributed by atoms with E-state index in [0.717, 1.165) is 12.2 Å². The molecule has 0 unspecified atom stereocenters. The third-order valence-electron chi connectivity index (χ3n) is 1.37. The van der Waals surface area contributed by atoms with Crippen LogP contribution in [0.25, 0.3) is 0 Å². The second kappa shape index (κ2) is 2.78. The fraction of sp³-hybridized carbons (Fsp3) is 0.500. The maximum Gasteiger partial charge on any atom is 0.364 e. The summed E-state index contributed by atoms with van der Waals surface area (Å²) in [4.78, 5) is 13.0. The minimum absolute atomic E-state index is 0.0229. The Morgan fingerprint density at radius 3 is 3.00 bits per heavy atom. The van der Waals surface area contributed by atoms with Crippen LogP contribution in [0.4, 0.5) is 0 Å². The lowest BCUT2D eigenvalue weighted by Crippen LogP contribution is -2.04. The molecule has 0 saturated heterocycles. The first-order valence-electron chi connectivity index (χ1n) is 3.62. The van der Waals surface area contributed by atoms with Gasteiger partial charge in [-0.2, -0.15) is 3.97 Å². The van der Waals surface area contributed by atoms with E-state index in [9.17, 15) is 5.11 Å². The molecule has 0 radical (unpaired) electrons. The fourth-order valence-electron chi connectivity index (χ4n) is 0.844. The fourth-order valence-corrected chi connectivity index (χ4v) is 1.59. The van der Waals surface area contributed by atoms with E-state index in [0.29, 0.717) is 6.01 Å². The Bertz CT molecular complexity index is 299. The SMILES string of the molecule is CCCSn1c2nc(c1O)OO2.